The van der Waals surface area contributed by atoms with Gasteiger partial charge in [-0.25, -0.2) is 19.6 Å². The number of nitrogens with zero attached hydrogens (tertiary/aromatic N) is 4. The highest BCUT2D eigenvalue weighted by Crippen LogP contribution is 2.72. The fourth-order valence-corrected chi connectivity index (χ4v) is 13.3. The first kappa shape index (κ1) is 43.6. The zero-order valence-electron chi connectivity index (χ0n) is 38.3. The number of H-pyrrole nitrogens is 1. The van der Waals surface area contributed by atoms with Crippen molar-refractivity contribution in [2.75, 3.05) is 18.5 Å². The molecule has 4 fully saturated rings. The number of pyridine rings is 1. The summed E-state index contributed by atoms with van der Waals surface area (Å²) in [5.74, 6) is -1.44. The Morgan fingerprint density at radius 1 is 0.922 bits per heavy atom. The van der Waals surface area contributed by atoms with Gasteiger partial charge in [0.2, 0.25) is 0 Å². The molecular formula is C50H59N7O6S. The highest BCUT2D eigenvalue weighted by Gasteiger charge is 2.66. The van der Waals surface area contributed by atoms with Crippen molar-refractivity contribution in [2.45, 2.75) is 124 Å². The van der Waals surface area contributed by atoms with Crippen LogP contribution in [-0.2, 0) is 21.4 Å². The number of para-hydroxylation sites is 2. The SMILES string of the molecule is Cc1c(-c2c(C(=O)O)ncc(C(C)(C)C)c2-c2cc3cccc(C(=O)Nc4nc5ccccc5s4)c3[nH]2)cnn1CC12CC3(C)CC(C)(C1)CC(OCCNC(=O)OC(C)(C)C)(C3)C2. The number of aromatic carboxylic acids is 1. The van der Waals surface area contributed by atoms with Crippen LogP contribution in [0.15, 0.2) is 60.9 Å². The molecule has 64 heavy (non-hydrogen) atoms. The molecule has 4 saturated carbocycles. The van der Waals surface area contributed by atoms with Crippen LogP contribution in [0.3, 0.4) is 0 Å². The summed E-state index contributed by atoms with van der Waals surface area (Å²) in [5, 5.41) is 23.0. The van der Waals surface area contributed by atoms with Gasteiger partial charge < -0.3 is 24.9 Å². The molecular weight excluding hydrogens is 827 g/mol. The van der Waals surface area contributed by atoms with Crippen LogP contribution in [0.25, 0.3) is 43.5 Å². The number of aromatic nitrogens is 5. The second-order valence-electron chi connectivity index (χ2n) is 21.7. The number of carbonyl (C=O) groups is 3. The van der Waals surface area contributed by atoms with Gasteiger partial charge in [0.05, 0.1) is 39.7 Å². The summed E-state index contributed by atoms with van der Waals surface area (Å²) in [6.07, 6.45) is 9.07. The van der Waals surface area contributed by atoms with E-state index >= 15 is 0 Å². The molecule has 4 aromatic heterocycles. The smallest absolute Gasteiger partial charge is 0.407 e. The lowest BCUT2D eigenvalue weighted by Gasteiger charge is -2.69. The maximum Gasteiger partial charge on any atom is 0.407 e. The van der Waals surface area contributed by atoms with Gasteiger partial charge in [0, 0.05) is 52.8 Å². The van der Waals surface area contributed by atoms with E-state index in [4.69, 9.17) is 14.6 Å². The van der Waals surface area contributed by atoms with Crippen LogP contribution in [-0.4, -0.2) is 72.2 Å². The number of hydrogen-bond donors (Lipinski definition) is 4. The number of ether oxygens (including phenoxy) is 2. The second-order valence-corrected chi connectivity index (χ2v) is 22.7. The van der Waals surface area contributed by atoms with E-state index in [0.717, 1.165) is 65.4 Å². The lowest BCUT2D eigenvalue weighted by Crippen LogP contribution is -2.64. The molecule has 14 heteroatoms. The summed E-state index contributed by atoms with van der Waals surface area (Å²) < 4.78 is 15.4. The molecule has 2 atom stereocenters. The molecule has 0 saturated heterocycles. The van der Waals surface area contributed by atoms with E-state index in [1.165, 1.54) is 11.3 Å². The van der Waals surface area contributed by atoms with Crippen molar-refractivity contribution in [3.63, 3.8) is 0 Å². The highest BCUT2D eigenvalue weighted by atomic mass is 32.1. The standard InChI is InChI=1S/C50H59N7O6S/c1-29-32(20-53-57(29)28-49-23-47(8)22-48(9,24-49)26-50(25-47,27-49)62-18-17-51-44(61)63-46(5,6)7)37-38(33(45(2,3)4)21-52-40(37)42(59)60)35-19-30-13-12-14-31(39(30)54-35)41(58)56-43-55-34-15-10-11-16-36(34)64-43/h10-16,19-21,54H,17-18,22-28H2,1-9H3,(H,51,61)(H,59,60)(H,55,56,58). The number of nitrogens with one attached hydrogen (secondary N) is 3. The van der Waals surface area contributed by atoms with Crippen molar-refractivity contribution < 1.29 is 29.0 Å². The van der Waals surface area contributed by atoms with Gasteiger partial charge in [0.25, 0.3) is 5.91 Å². The Hall–Kier alpha value is -5.60. The van der Waals surface area contributed by atoms with Crippen molar-refractivity contribution >= 4 is 55.6 Å². The summed E-state index contributed by atoms with van der Waals surface area (Å²) in [5.41, 5.74) is 4.81. The third-order valence-corrected chi connectivity index (χ3v) is 14.4. The summed E-state index contributed by atoms with van der Waals surface area (Å²) in [6, 6.07) is 15.3. The number of carbonyl (C=O) groups excluding carboxylic acids is 2. The minimum absolute atomic E-state index is 0.0692. The van der Waals surface area contributed by atoms with Gasteiger partial charge in [-0.3, -0.25) is 14.8 Å². The van der Waals surface area contributed by atoms with Crippen LogP contribution < -0.4 is 10.6 Å². The molecule has 4 heterocycles. The van der Waals surface area contributed by atoms with E-state index in [-0.39, 0.29) is 33.4 Å². The molecule has 2 unspecified atom stereocenters. The first-order chi connectivity index (χ1) is 30.1. The van der Waals surface area contributed by atoms with Crippen LogP contribution in [0.4, 0.5) is 9.93 Å². The number of hydrogen-bond acceptors (Lipinski definition) is 9. The van der Waals surface area contributed by atoms with E-state index in [9.17, 15) is 19.5 Å². The number of fused-ring (bicyclic) bond motifs is 2. The molecule has 10 rings (SSSR count). The lowest BCUT2D eigenvalue weighted by molar-refractivity contribution is -0.247. The van der Waals surface area contributed by atoms with Gasteiger partial charge in [-0.2, -0.15) is 5.10 Å². The Kier molecular flexibility index (Phi) is 10.4. The molecule has 4 aliphatic rings. The Morgan fingerprint density at radius 2 is 1.66 bits per heavy atom. The van der Waals surface area contributed by atoms with E-state index < -0.39 is 23.1 Å². The summed E-state index contributed by atoms with van der Waals surface area (Å²) in [6.45, 7) is 20.1. The minimum Gasteiger partial charge on any atom is -0.476 e. The molecule has 2 amide bonds. The number of aromatic amines is 1. The van der Waals surface area contributed by atoms with Crippen molar-refractivity contribution in [1.29, 1.82) is 0 Å². The Bertz CT molecular complexity index is 2790. The predicted molar refractivity (Wildman–Crippen MR) is 250 cm³/mol. The van der Waals surface area contributed by atoms with Crippen molar-refractivity contribution in [3.05, 3.63) is 83.4 Å². The molecule has 0 aliphatic heterocycles. The number of carboxylic acid groups (broad SMARTS) is 1. The van der Waals surface area contributed by atoms with Gasteiger partial charge >= 0.3 is 12.1 Å². The molecule has 4 bridgehead atoms. The highest BCUT2D eigenvalue weighted by molar-refractivity contribution is 7.22. The quantitative estimate of drug-likeness (QED) is 0.0924. The molecule has 4 aliphatic carbocycles. The fourth-order valence-electron chi connectivity index (χ4n) is 12.4. The maximum atomic E-state index is 13.9. The zero-order valence-corrected chi connectivity index (χ0v) is 39.1. The Labute approximate surface area is 377 Å². The topological polar surface area (TPSA) is 173 Å². The van der Waals surface area contributed by atoms with Gasteiger partial charge in [0.1, 0.15) is 5.60 Å². The van der Waals surface area contributed by atoms with Gasteiger partial charge in [0.15, 0.2) is 10.8 Å². The van der Waals surface area contributed by atoms with Crippen LogP contribution in [0.1, 0.15) is 126 Å². The van der Waals surface area contributed by atoms with Crippen LogP contribution >= 0.6 is 11.3 Å². The van der Waals surface area contributed by atoms with Crippen LogP contribution in [0, 0.1) is 23.2 Å². The number of alkyl carbamates (subject to hydrolysis) is 1. The van der Waals surface area contributed by atoms with Gasteiger partial charge in [-0.15, -0.1) is 0 Å². The Morgan fingerprint density at radius 3 is 2.34 bits per heavy atom. The number of carboxylic acids is 1. The number of rotatable bonds is 11. The summed E-state index contributed by atoms with van der Waals surface area (Å²) >= 11 is 1.42. The first-order valence-electron chi connectivity index (χ1n) is 22.2. The lowest BCUT2D eigenvalue weighted by atomic mass is 9.39. The maximum absolute atomic E-state index is 13.9. The monoisotopic (exact) mass is 885 g/mol. The third kappa shape index (κ3) is 8.19. The van der Waals surface area contributed by atoms with E-state index in [2.05, 4.69) is 64.9 Å². The summed E-state index contributed by atoms with van der Waals surface area (Å²) in [4.78, 5) is 52.4. The van der Waals surface area contributed by atoms with Gasteiger partial charge in [-0.05, 0) is 118 Å². The van der Waals surface area contributed by atoms with Gasteiger partial charge in [-0.1, -0.05) is 70.2 Å². The fraction of sp³-hybridized carbons (Fsp3) is 0.480. The largest absolute Gasteiger partial charge is 0.476 e. The average molecular weight is 886 g/mol. The summed E-state index contributed by atoms with van der Waals surface area (Å²) in [7, 11) is 0. The van der Waals surface area contributed by atoms with Crippen molar-refractivity contribution in [1.82, 2.24) is 30.0 Å². The third-order valence-electron chi connectivity index (χ3n) is 13.5. The number of thiazole rings is 1. The second kappa shape index (κ2) is 15.3. The van der Waals surface area contributed by atoms with Crippen LogP contribution in [0.2, 0.25) is 0 Å². The number of amides is 2. The first-order valence-corrected chi connectivity index (χ1v) is 23.1. The van der Waals surface area contributed by atoms with E-state index in [0.29, 0.717) is 58.3 Å². The van der Waals surface area contributed by atoms with E-state index in [1.54, 1.807) is 18.5 Å². The molecule has 4 N–H and O–H groups in total. The molecule has 2 aromatic carbocycles. The van der Waals surface area contributed by atoms with Crippen molar-refractivity contribution in [2.24, 2.45) is 16.2 Å². The molecule has 6 aromatic rings. The Balaban J connectivity index is 1.06. The minimum atomic E-state index is -1.14. The molecule has 336 valence electrons. The molecule has 0 radical (unpaired) electrons. The number of anilines is 1. The van der Waals surface area contributed by atoms with E-state index in [1.807, 2.05) is 70.2 Å². The van der Waals surface area contributed by atoms with Crippen LogP contribution in [0.5, 0.6) is 0 Å². The van der Waals surface area contributed by atoms with Crippen molar-refractivity contribution in [3.8, 4) is 22.4 Å². The molecule has 13 nitrogen and oxygen atoms in total. The normalized spacial score (nSPS) is 24.1. The zero-order chi connectivity index (χ0) is 45.6. The average Bonchev–Trinajstić information content (AvgIpc) is 3.89. The number of benzene rings is 2. The predicted octanol–water partition coefficient (Wildman–Crippen LogP) is 10.9. The molecule has 0 spiro atoms.